The van der Waals surface area contributed by atoms with E-state index in [4.69, 9.17) is 4.74 Å². The summed E-state index contributed by atoms with van der Waals surface area (Å²) in [6.07, 6.45) is 10.8. The van der Waals surface area contributed by atoms with E-state index in [1.807, 2.05) is 30.1 Å². The Labute approximate surface area is 272 Å². The molecule has 0 radical (unpaired) electrons. The van der Waals surface area contributed by atoms with Gasteiger partial charge in [-0.05, 0) is 93.1 Å². The number of likely N-dealkylation sites (tertiary alicyclic amines) is 1. The van der Waals surface area contributed by atoms with E-state index in [-0.39, 0.29) is 17.9 Å². The molecular formula is C36H46N4O5S. The van der Waals surface area contributed by atoms with Crippen molar-refractivity contribution >= 4 is 32.7 Å². The van der Waals surface area contributed by atoms with E-state index in [0.717, 1.165) is 91.3 Å². The highest BCUT2D eigenvalue weighted by molar-refractivity contribution is 7.89. The Bertz CT molecular complexity index is 1810. The molecule has 46 heavy (non-hydrogen) atoms. The second-order valence-electron chi connectivity index (χ2n) is 14.3. The van der Waals surface area contributed by atoms with Crippen molar-refractivity contribution in [3.63, 3.8) is 0 Å². The molecular weight excluding hydrogens is 600 g/mol. The lowest BCUT2D eigenvalue weighted by Gasteiger charge is -2.33. The van der Waals surface area contributed by atoms with Gasteiger partial charge in [0.25, 0.3) is 5.91 Å². The minimum atomic E-state index is -3.73. The molecule has 3 atom stereocenters. The fourth-order valence-electron chi connectivity index (χ4n) is 8.79. The van der Waals surface area contributed by atoms with E-state index in [2.05, 4.69) is 33.4 Å². The van der Waals surface area contributed by atoms with E-state index in [0.29, 0.717) is 18.0 Å². The number of hydrogen-bond acceptors (Lipinski definition) is 6. The van der Waals surface area contributed by atoms with Crippen LogP contribution in [0.2, 0.25) is 0 Å². The molecule has 3 fully saturated rings. The van der Waals surface area contributed by atoms with Crippen LogP contribution in [0.5, 0.6) is 5.75 Å². The Hall–Kier alpha value is -3.37. The molecule has 1 saturated heterocycles. The van der Waals surface area contributed by atoms with Gasteiger partial charge in [-0.3, -0.25) is 9.59 Å². The first-order valence-electron chi connectivity index (χ1n) is 16.8. The van der Waals surface area contributed by atoms with E-state index in [1.165, 1.54) is 24.8 Å². The lowest BCUT2D eigenvalue weighted by atomic mass is 9.81. The Balaban J connectivity index is 1.42. The first-order valence-corrected chi connectivity index (χ1v) is 18.7. The second-order valence-corrected chi connectivity index (χ2v) is 16.1. The first-order chi connectivity index (χ1) is 22.0. The van der Waals surface area contributed by atoms with Crippen molar-refractivity contribution in [2.75, 3.05) is 40.6 Å². The molecule has 2 amide bonds. The van der Waals surface area contributed by atoms with Crippen molar-refractivity contribution in [1.29, 1.82) is 0 Å². The van der Waals surface area contributed by atoms with Gasteiger partial charge < -0.3 is 19.1 Å². The minimum absolute atomic E-state index is 0.0573. The van der Waals surface area contributed by atoms with Gasteiger partial charge in [-0.25, -0.2) is 13.1 Å². The Morgan fingerprint density at radius 3 is 2.52 bits per heavy atom. The second kappa shape index (κ2) is 11.7. The quantitative estimate of drug-likeness (QED) is 0.381. The number of likely N-dealkylation sites (N-methyl/N-ethyl adjacent to an activating group) is 2. The molecule has 0 spiro atoms. The molecule has 1 aromatic heterocycles. The molecule has 246 valence electrons. The molecule has 2 aliphatic carbocycles. The van der Waals surface area contributed by atoms with Crippen LogP contribution in [-0.4, -0.2) is 81.2 Å². The molecule has 3 aromatic rings. The molecule has 3 heterocycles. The standard InChI is InChI=1S/C36H46N4O5S/c1-38-17-9-8-12-25(21-38)39(2)35(42)36-20-30(36)29-19-26(45-3)14-16-27(29)33-32(23-10-6-5-7-11-23)28-15-13-24(18-31(28)40(33)22-36)34(41)37-46(4,43)44/h13-16,18-19,23,25,30H,5-12,17,20-22H2,1-4H3,(H,37,41). The third kappa shape index (κ3) is 5.41. The van der Waals surface area contributed by atoms with E-state index in [9.17, 15) is 18.0 Å². The fraction of sp³-hybridized carbons (Fsp3) is 0.556. The van der Waals surface area contributed by atoms with Gasteiger partial charge in [0, 0.05) is 54.1 Å². The summed E-state index contributed by atoms with van der Waals surface area (Å²) in [4.78, 5) is 32.3. The topological polar surface area (TPSA) is 101 Å². The third-order valence-electron chi connectivity index (χ3n) is 11.2. The molecule has 2 aromatic carbocycles. The molecule has 9 nitrogen and oxygen atoms in total. The number of ether oxygens (including phenoxy) is 1. The molecule has 4 aliphatic rings. The Morgan fingerprint density at radius 2 is 1.78 bits per heavy atom. The zero-order chi connectivity index (χ0) is 32.4. The van der Waals surface area contributed by atoms with Crippen LogP contribution >= 0.6 is 0 Å². The number of nitrogens with one attached hydrogen (secondary N) is 1. The normalized spacial score (nSPS) is 25.0. The first kappa shape index (κ1) is 31.2. The van der Waals surface area contributed by atoms with Crippen LogP contribution in [0.25, 0.3) is 22.2 Å². The maximum atomic E-state index is 14.8. The zero-order valence-electron chi connectivity index (χ0n) is 27.5. The number of carbonyl (C=O) groups is 2. The van der Waals surface area contributed by atoms with Crippen molar-refractivity contribution in [2.24, 2.45) is 5.41 Å². The summed E-state index contributed by atoms with van der Waals surface area (Å²) < 4.78 is 34.1. The molecule has 2 saturated carbocycles. The number of sulfonamides is 1. The predicted octanol–water partition coefficient (Wildman–Crippen LogP) is 5.48. The van der Waals surface area contributed by atoms with Crippen LogP contribution in [0.4, 0.5) is 0 Å². The number of benzene rings is 2. The van der Waals surface area contributed by atoms with E-state index >= 15 is 0 Å². The van der Waals surface area contributed by atoms with Gasteiger partial charge in [0.15, 0.2) is 0 Å². The van der Waals surface area contributed by atoms with Gasteiger partial charge in [0.1, 0.15) is 5.75 Å². The number of rotatable bonds is 6. The number of fused-ring (bicyclic) bond motifs is 7. The molecule has 7 rings (SSSR count). The number of aromatic nitrogens is 1. The van der Waals surface area contributed by atoms with Gasteiger partial charge in [-0.2, -0.15) is 0 Å². The summed E-state index contributed by atoms with van der Waals surface area (Å²) in [5.41, 5.74) is 5.28. The van der Waals surface area contributed by atoms with Crippen molar-refractivity contribution in [2.45, 2.75) is 82.2 Å². The van der Waals surface area contributed by atoms with Gasteiger partial charge in [0.05, 0.1) is 24.5 Å². The van der Waals surface area contributed by atoms with E-state index < -0.39 is 21.3 Å². The third-order valence-corrected chi connectivity index (χ3v) is 11.8. The van der Waals surface area contributed by atoms with Crippen molar-refractivity contribution in [3.05, 3.63) is 53.1 Å². The van der Waals surface area contributed by atoms with Crippen LogP contribution in [-0.2, 0) is 21.4 Å². The van der Waals surface area contributed by atoms with Crippen molar-refractivity contribution in [1.82, 2.24) is 19.1 Å². The molecule has 10 heteroatoms. The van der Waals surface area contributed by atoms with Gasteiger partial charge in [-0.15, -0.1) is 0 Å². The summed E-state index contributed by atoms with van der Waals surface area (Å²) in [5, 5.41) is 1.08. The highest BCUT2D eigenvalue weighted by Crippen LogP contribution is 2.66. The number of amides is 2. The summed E-state index contributed by atoms with van der Waals surface area (Å²) in [7, 11) is 2.09. The fourth-order valence-corrected chi connectivity index (χ4v) is 9.24. The van der Waals surface area contributed by atoms with Gasteiger partial charge in [-0.1, -0.05) is 31.7 Å². The summed E-state index contributed by atoms with van der Waals surface area (Å²) in [5.74, 6) is 0.747. The predicted molar refractivity (Wildman–Crippen MR) is 180 cm³/mol. The van der Waals surface area contributed by atoms with Crippen LogP contribution in [0.3, 0.4) is 0 Å². The lowest BCUT2D eigenvalue weighted by Crippen LogP contribution is -2.47. The SMILES string of the molecule is COc1ccc2c(c1)C1CC1(C(=O)N(C)C1CCCCN(C)C1)Cn1c-2c(C2CCCCC2)c2ccc(C(=O)NS(C)(=O)=O)cc21. The number of nitrogens with zero attached hydrogens (tertiary/aromatic N) is 3. The molecule has 2 aliphatic heterocycles. The van der Waals surface area contributed by atoms with Crippen LogP contribution in [0.15, 0.2) is 36.4 Å². The largest absolute Gasteiger partial charge is 0.497 e. The average molecular weight is 647 g/mol. The van der Waals surface area contributed by atoms with Gasteiger partial charge in [0.2, 0.25) is 15.9 Å². The average Bonchev–Trinajstić information content (AvgIpc) is 3.75. The molecule has 0 bridgehead atoms. The lowest BCUT2D eigenvalue weighted by molar-refractivity contribution is -0.139. The smallest absolute Gasteiger partial charge is 0.264 e. The van der Waals surface area contributed by atoms with Crippen molar-refractivity contribution in [3.8, 4) is 17.0 Å². The summed E-state index contributed by atoms with van der Waals surface area (Å²) in [6.45, 7) is 2.43. The minimum Gasteiger partial charge on any atom is -0.497 e. The summed E-state index contributed by atoms with van der Waals surface area (Å²) >= 11 is 0. The highest BCUT2D eigenvalue weighted by atomic mass is 32.2. The van der Waals surface area contributed by atoms with Crippen LogP contribution < -0.4 is 9.46 Å². The molecule has 1 N–H and O–H groups in total. The van der Waals surface area contributed by atoms with Crippen LogP contribution in [0.1, 0.15) is 91.1 Å². The van der Waals surface area contributed by atoms with Crippen molar-refractivity contribution < 1.29 is 22.7 Å². The summed E-state index contributed by atoms with van der Waals surface area (Å²) in [6, 6.07) is 12.0. The monoisotopic (exact) mass is 646 g/mol. The molecule has 3 unspecified atom stereocenters. The van der Waals surface area contributed by atoms with Gasteiger partial charge >= 0.3 is 0 Å². The maximum Gasteiger partial charge on any atom is 0.264 e. The van der Waals surface area contributed by atoms with E-state index in [1.54, 1.807) is 13.2 Å². The number of hydrogen-bond donors (Lipinski definition) is 1. The highest BCUT2D eigenvalue weighted by Gasteiger charge is 2.64. The number of carbonyl (C=O) groups excluding carboxylic acids is 2. The van der Waals surface area contributed by atoms with Crippen LogP contribution in [0, 0.1) is 5.41 Å². The number of methoxy groups -OCH3 is 1. The maximum absolute atomic E-state index is 14.8. The zero-order valence-corrected chi connectivity index (χ0v) is 28.3. The Morgan fingerprint density at radius 1 is 1.02 bits per heavy atom. The Kier molecular flexibility index (Phi) is 7.95.